The average molecular weight is 311 g/mol. The molecule has 2 nitrogen and oxygen atoms in total. The van der Waals surface area contributed by atoms with Gasteiger partial charge in [-0.25, -0.2) is 0 Å². The minimum Gasteiger partial charge on any atom is -0.261 e. The summed E-state index contributed by atoms with van der Waals surface area (Å²) < 4.78 is 2.69. The number of fused-ring (bicyclic) bond motifs is 1. The molecule has 0 atom stereocenters. The normalized spacial score (nSPS) is 24.0. The molecule has 0 N–H and O–H groups in total. The Morgan fingerprint density at radius 2 is 1.43 bits per heavy atom. The molecule has 0 unspecified atom stereocenters. The standard InChI is InChI=1S/C21H31N2/c1-3-11-20(12-4-1)22-15-18-9-7-8-10-19(18)16-23(17-22)21-13-5-2-6-14-21/h7-10,17,20-21H,1-6,11-16H2/q+1. The highest BCUT2D eigenvalue weighted by Gasteiger charge is 2.30. The molecule has 23 heavy (non-hydrogen) atoms. The SMILES string of the molecule is C1=[N+](C2CCCCC2)Cc2ccccc2CN1C1CCCCC1. The monoisotopic (exact) mass is 311 g/mol. The molecule has 2 heteroatoms. The van der Waals surface area contributed by atoms with Gasteiger partial charge >= 0.3 is 0 Å². The smallest absolute Gasteiger partial charge is 0.235 e. The van der Waals surface area contributed by atoms with Gasteiger partial charge in [0.25, 0.3) is 0 Å². The van der Waals surface area contributed by atoms with Crippen LogP contribution in [0.2, 0.25) is 0 Å². The van der Waals surface area contributed by atoms with Crippen LogP contribution in [0, 0.1) is 0 Å². The minimum atomic E-state index is 0.765. The number of nitrogens with zero attached hydrogens (tertiary/aromatic N) is 2. The molecule has 2 saturated carbocycles. The Morgan fingerprint density at radius 3 is 2.17 bits per heavy atom. The summed E-state index contributed by atoms with van der Waals surface area (Å²) in [4.78, 5) is 2.69. The molecule has 3 aliphatic rings. The van der Waals surface area contributed by atoms with E-state index in [9.17, 15) is 0 Å². The van der Waals surface area contributed by atoms with Gasteiger partial charge in [-0.15, -0.1) is 0 Å². The summed E-state index contributed by atoms with van der Waals surface area (Å²) in [5.74, 6) is 0. The van der Waals surface area contributed by atoms with Gasteiger partial charge in [-0.1, -0.05) is 37.1 Å². The molecule has 0 spiro atoms. The van der Waals surface area contributed by atoms with E-state index in [1.807, 2.05) is 0 Å². The third-order valence-corrected chi connectivity index (χ3v) is 6.21. The van der Waals surface area contributed by atoms with Gasteiger partial charge in [0.15, 0.2) is 0 Å². The highest BCUT2D eigenvalue weighted by atomic mass is 15.2. The summed E-state index contributed by atoms with van der Waals surface area (Å²) in [6.45, 7) is 2.23. The Balaban J connectivity index is 1.63. The Hall–Kier alpha value is -1.31. The molecule has 124 valence electrons. The quantitative estimate of drug-likeness (QED) is 0.717. The van der Waals surface area contributed by atoms with Crippen molar-refractivity contribution in [2.24, 2.45) is 0 Å². The Morgan fingerprint density at radius 1 is 0.783 bits per heavy atom. The van der Waals surface area contributed by atoms with E-state index in [1.165, 1.54) is 64.2 Å². The molecule has 0 amide bonds. The lowest BCUT2D eigenvalue weighted by Crippen LogP contribution is -2.39. The fraction of sp³-hybridized carbons (Fsp3) is 0.667. The zero-order valence-corrected chi connectivity index (χ0v) is 14.4. The van der Waals surface area contributed by atoms with Crippen molar-refractivity contribution in [1.82, 2.24) is 4.90 Å². The van der Waals surface area contributed by atoms with Crippen LogP contribution >= 0.6 is 0 Å². The third-order valence-electron chi connectivity index (χ3n) is 6.21. The molecule has 1 aliphatic heterocycles. The predicted molar refractivity (Wildman–Crippen MR) is 95.8 cm³/mol. The lowest BCUT2D eigenvalue weighted by molar-refractivity contribution is -0.584. The van der Waals surface area contributed by atoms with E-state index in [4.69, 9.17) is 0 Å². The van der Waals surface area contributed by atoms with E-state index < -0.39 is 0 Å². The van der Waals surface area contributed by atoms with Gasteiger partial charge in [-0.2, -0.15) is 0 Å². The highest BCUT2D eigenvalue weighted by Crippen LogP contribution is 2.28. The third kappa shape index (κ3) is 3.46. The van der Waals surface area contributed by atoms with Crippen LogP contribution in [0.4, 0.5) is 0 Å². The van der Waals surface area contributed by atoms with Crippen molar-refractivity contribution in [3.63, 3.8) is 0 Å². The summed E-state index contributed by atoms with van der Waals surface area (Å²) in [5, 5.41) is 0. The maximum absolute atomic E-state index is 2.69. The van der Waals surface area contributed by atoms with Crippen molar-refractivity contribution in [2.75, 3.05) is 0 Å². The van der Waals surface area contributed by atoms with Crippen molar-refractivity contribution >= 4 is 6.34 Å². The van der Waals surface area contributed by atoms with E-state index in [0.717, 1.165) is 25.2 Å². The first kappa shape index (κ1) is 15.2. The molecular formula is C21H31N2+. The van der Waals surface area contributed by atoms with Crippen molar-refractivity contribution in [2.45, 2.75) is 89.4 Å². The summed E-state index contributed by atoms with van der Waals surface area (Å²) in [6, 6.07) is 10.7. The molecular weight excluding hydrogens is 280 g/mol. The van der Waals surface area contributed by atoms with Crippen LogP contribution in [-0.4, -0.2) is 27.9 Å². The van der Waals surface area contributed by atoms with Crippen LogP contribution < -0.4 is 0 Å². The number of hydrogen-bond donors (Lipinski definition) is 0. The van der Waals surface area contributed by atoms with Crippen molar-refractivity contribution in [3.8, 4) is 0 Å². The summed E-state index contributed by atoms with van der Waals surface area (Å²) in [5.41, 5.74) is 3.10. The highest BCUT2D eigenvalue weighted by molar-refractivity contribution is 5.51. The first-order valence-electron chi connectivity index (χ1n) is 9.83. The molecule has 0 radical (unpaired) electrons. The average Bonchev–Trinajstić information content (AvgIpc) is 2.83. The Labute approximate surface area is 141 Å². The summed E-state index contributed by atoms with van der Waals surface area (Å²) >= 11 is 0. The van der Waals surface area contributed by atoms with Crippen LogP contribution in [0.15, 0.2) is 24.3 Å². The van der Waals surface area contributed by atoms with Crippen LogP contribution in [0.1, 0.15) is 75.3 Å². The minimum absolute atomic E-state index is 0.765. The number of hydrogen-bond acceptors (Lipinski definition) is 1. The van der Waals surface area contributed by atoms with Crippen LogP contribution in [-0.2, 0) is 13.1 Å². The second-order valence-electron chi connectivity index (χ2n) is 7.81. The zero-order valence-electron chi connectivity index (χ0n) is 14.4. The van der Waals surface area contributed by atoms with E-state index in [2.05, 4.69) is 40.1 Å². The molecule has 1 heterocycles. The van der Waals surface area contributed by atoms with Gasteiger partial charge in [0.1, 0.15) is 13.1 Å². The van der Waals surface area contributed by atoms with E-state index in [0.29, 0.717) is 0 Å². The van der Waals surface area contributed by atoms with Gasteiger partial charge in [-0.05, 0) is 51.4 Å². The fourth-order valence-electron chi connectivity index (χ4n) is 4.80. The molecule has 2 fully saturated rings. The van der Waals surface area contributed by atoms with Crippen molar-refractivity contribution < 1.29 is 4.58 Å². The molecule has 1 aromatic carbocycles. The molecule has 0 saturated heterocycles. The molecule has 1 aromatic rings. The zero-order chi connectivity index (χ0) is 15.5. The van der Waals surface area contributed by atoms with Gasteiger partial charge < -0.3 is 0 Å². The van der Waals surface area contributed by atoms with Crippen molar-refractivity contribution in [1.29, 1.82) is 0 Å². The van der Waals surface area contributed by atoms with Gasteiger partial charge in [0, 0.05) is 11.1 Å². The van der Waals surface area contributed by atoms with Crippen LogP contribution in [0.3, 0.4) is 0 Å². The lowest BCUT2D eigenvalue weighted by atomic mass is 9.94. The van der Waals surface area contributed by atoms with E-state index in [1.54, 1.807) is 11.1 Å². The second kappa shape index (κ2) is 7.07. The topological polar surface area (TPSA) is 6.25 Å². The fourth-order valence-corrected chi connectivity index (χ4v) is 4.80. The number of rotatable bonds is 2. The molecule has 0 bridgehead atoms. The largest absolute Gasteiger partial charge is 0.261 e. The summed E-state index contributed by atoms with van der Waals surface area (Å²) in [6.07, 6.45) is 16.6. The Bertz CT molecular complexity index is 551. The second-order valence-corrected chi connectivity index (χ2v) is 7.81. The van der Waals surface area contributed by atoms with Crippen molar-refractivity contribution in [3.05, 3.63) is 35.4 Å². The maximum atomic E-state index is 2.69. The lowest BCUT2D eigenvalue weighted by Gasteiger charge is -2.29. The van der Waals surface area contributed by atoms with Crippen LogP contribution in [0.5, 0.6) is 0 Å². The van der Waals surface area contributed by atoms with Gasteiger partial charge in [-0.3, -0.25) is 9.48 Å². The van der Waals surface area contributed by atoms with Gasteiger partial charge in [0.2, 0.25) is 6.34 Å². The van der Waals surface area contributed by atoms with E-state index >= 15 is 0 Å². The number of benzene rings is 1. The predicted octanol–water partition coefficient (Wildman–Crippen LogP) is 4.71. The van der Waals surface area contributed by atoms with E-state index in [-0.39, 0.29) is 0 Å². The van der Waals surface area contributed by atoms with Crippen LogP contribution in [0.25, 0.3) is 0 Å². The first-order valence-corrected chi connectivity index (χ1v) is 9.83. The first-order chi connectivity index (χ1) is 11.4. The maximum Gasteiger partial charge on any atom is 0.235 e. The van der Waals surface area contributed by atoms with Gasteiger partial charge in [0.05, 0.1) is 12.1 Å². The molecule has 4 rings (SSSR count). The molecule has 2 aliphatic carbocycles. The molecule has 0 aromatic heterocycles. The summed E-state index contributed by atoms with van der Waals surface area (Å²) in [7, 11) is 0. The Kier molecular flexibility index (Phi) is 4.68.